The van der Waals surface area contributed by atoms with Gasteiger partial charge in [-0.2, -0.15) is 0 Å². The number of hydrogen-bond acceptors (Lipinski definition) is 3. The molecule has 0 amide bonds. The molecule has 118 valence electrons. The Morgan fingerprint density at radius 2 is 2.05 bits per heavy atom. The van der Waals surface area contributed by atoms with Crippen molar-refractivity contribution in [3.8, 4) is 0 Å². The highest BCUT2D eigenvalue weighted by Crippen LogP contribution is 2.08. The van der Waals surface area contributed by atoms with Crippen LogP contribution in [0.15, 0.2) is 27.8 Å². The molecule has 0 spiro atoms. The number of hydrogen-bond donors (Lipinski definition) is 2. The lowest BCUT2D eigenvalue weighted by molar-refractivity contribution is 0.289. The topological polar surface area (TPSA) is 52.8 Å². The molecule has 0 radical (unpaired) electrons. The van der Waals surface area contributed by atoms with Crippen LogP contribution >= 0.6 is 0 Å². The van der Waals surface area contributed by atoms with Crippen LogP contribution in [0.3, 0.4) is 0 Å². The number of rotatable bonds is 6. The fourth-order valence-corrected chi connectivity index (χ4v) is 2.59. The molecule has 1 fully saturated rings. The summed E-state index contributed by atoms with van der Waals surface area (Å²) in [5.74, 6) is 1.75. The molecule has 2 heterocycles. The van der Waals surface area contributed by atoms with E-state index in [-0.39, 0.29) is 0 Å². The lowest BCUT2D eigenvalue weighted by atomic mass is 10.2. The van der Waals surface area contributed by atoms with E-state index in [0.717, 1.165) is 31.4 Å². The fraction of sp³-hybridized carbons (Fsp3) is 0.688. The summed E-state index contributed by atoms with van der Waals surface area (Å²) in [5.41, 5.74) is 0. The number of nitrogens with zero attached hydrogens (tertiary/aromatic N) is 2. The number of furan rings is 1. The third kappa shape index (κ3) is 6.21. The first kappa shape index (κ1) is 15.9. The molecule has 5 heteroatoms. The number of likely N-dealkylation sites (tertiary alicyclic amines) is 1. The molecule has 1 aliphatic rings. The second-order valence-corrected chi connectivity index (χ2v) is 5.46. The van der Waals surface area contributed by atoms with E-state index in [4.69, 9.17) is 4.42 Å². The lowest BCUT2D eigenvalue weighted by Crippen LogP contribution is -2.41. The van der Waals surface area contributed by atoms with E-state index >= 15 is 0 Å². The molecule has 0 atom stereocenters. The van der Waals surface area contributed by atoms with Gasteiger partial charge in [-0.3, -0.25) is 0 Å². The van der Waals surface area contributed by atoms with Gasteiger partial charge in [0.1, 0.15) is 12.3 Å². The molecule has 0 aliphatic carbocycles. The van der Waals surface area contributed by atoms with E-state index in [1.807, 2.05) is 12.1 Å². The van der Waals surface area contributed by atoms with Gasteiger partial charge in [0, 0.05) is 19.6 Å². The third-order valence-electron chi connectivity index (χ3n) is 3.74. The molecule has 0 unspecified atom stereocenters. The van der Waals surface area contributed by atoms with Gasteiger partial charge in [-0.25, -0.2) is 4.99 Å². The highest BCUT2D eigenvalue weighted by Gasteiger charge is 2.08. The van der Waals surface area contributed by atoms with Crippen molar-refractivity contribution < 1.29 is 4.42 Å². The molecule has 0 saturated carbocycles. The quantitative estimate of drug-likeness (QED) is 0.623. The molecule has 0 bridgehead atoms. The van der Waals surface area contributed by atoms with Crippen molar-refractivity contribution in [2.45, 2.75) is 39.2 Å². The van der Waals surface area contributed by atoms with Gasteiger partial charge in [0.05, 0.1) is 6.26 Å². The molecule has 1 aromatic heterocycles. The molecule has 0 aromatic carbocycles. The van der Waals surface area contributed by atoms with E-state index in [0.29, 0.717) is 6.54 Å². The lowest BCUT2D eigenvalue weighted by Gasteiger charge is -2.20. The van der Waals surface area contributed by atoms with Crippen LogP contribution in [-0.2, 0) is 6.54 Å². The largest absolute Gasteiger partial charge is 0.467 e. The first-order valence-electron chi connectivity index (χ1n) is 8.15. The van der Waals surface area contributed by atoms with E-state index in [1.165, 1.54) is 38.8 Å². The van der Waals surface area contributed by atoms with Crippen molar-refractivity contribution in [1.29, 1.82) is 0 Å². The normalized spacial score (nSPS) is 17.5. The summed E-state index contributed by atoms with van der Waals surface area (Å²) < 4.78 is 5.30. The Balaban J connectivity index is 1.72. The molecule has 1 aliphatic heterocycles. The van der Waals surface area contributed by atoms with Crippen LogP contribution in [0.1, 0.15) is 38.4 Å². The summed E-state index contributed by atoms with van der Waals surface area (Å²) in [4.78, 5) is 7.09. The highest BCUT2D eigenvalue weighted by atomic mass is 16.3. The zero-order valence-corrected chi connectivity index (χ0v) is 13.1. The molecular formula is C16H28N4O. The van der Waals surface area contributed by atoms with Gasteiger partial charge in [-0.15, -0.1) is 0 Å². The van der Waals surface area contributed by atoms with Gasteiger partial charge in [0.15, 0.2) is 5.96 Å². The molecular weight excluding hydrogens is 264 g/mol. The van der Waals surface area contributed by atoms with Crippen molar-refractivity contribution in [1.82, 2.24) is 15.5 Å². The summed E-state index contributed by atoms with van der Waals surface area (Å²) in [6, 6.07) is 3.84. The molecule has 21 heavy (non-hydrogen) atoms. The van der Waals surface area contributed by atoms with Gasteiger partial charge in [0.25, 0.3) is 0 Å². The van der Waals surface area contributed by atoms with Crippen molar-refractivity contribution in [3.63, 3.8) is 0 Å². The molecule has 2 rings (SSSR count). The number of guanidine groups is 1. The van der Waals surface area contributed by atoms with Crippen molar-refractivity contribution in [2.24, 2.45) is 4.99 Å². The van der Waals surface area contributed by atoms with Crippen LogP contribution in [-0.4, -0.2) is 43.6 Å². The Bertz CT molecular complexity index is 394. The SMILES string of the molecule is CCNC(=NCc1ccco1)NCCN1CCCCCC1. The second-order valence-electron chi connectivity index (χ2n) is 5.46. The monoisotopic (exact) mass is 292 g/mol. The van der Waals surface area contributed by atoms with Crippen molar-refractivity contribution >= 4 is 5.96 Å². The first-order chi connectivity index (χ1) is 10.4. The molecule has 2 N–H and O–H groups in total. The van der Waals surface area contributed by atoms with E-state index in [9.17, 15) is 0 Å². The average molecular weight is 292 g/mol. The average Bonchev–Trinajstić information content (AvgIpc) is 2.88. The van der Waals surface area contributed by atoms with Crippen LogP contribution < -0.4 is 10.6 Å². The van der Waals surface area contributed by atoms with Gasteiger partial charge in [0.2, 0.25) is 0 Å². The standard InChI is InChI=1S/C16H28N4O/c1-2-17-16(19-14-15-8-7-13-21-15)18-9-12-20-10-5-3-4-6-11-20/h7-8,13H,2-6,9-12,14H2,1H3,(H2,17,18,19). The zero-order valence-electron chi connectivity index (χ0n) is 13.1. The minimum absolute atomic E-state index is 0.575. The number of aliphatic imine (C=N–C) groups is 1. The minimum atomic E-state index is 0.575. The molecule has 5 nitrogen and oxygen atoms in total. The summed E-state index contributed by atoms with van der Waals surface area (Å²) in [7, 11) is 0. The predicted octanol–water partition coefficient (Wildman–Crippen LogP) is 2.21. The molecule has 1 aromatic rings. The van der Waals surface area contributed by atoms with Crippen molar-refractivity contribution in [3.05, 3.63) is 24.2 Å². The molecule has 1 saturated heterocycles. The van der Waals surface area contributed by atoms with Crippen LogP contribution in [0.4, 0.5) is 0 Å². The van der Waals surface area contributed by atoms with Gasteiger partial charge >= 0.3 is 0 Å². The summed E-state index contributed by atoms with van der Waals surface area (Å²) in [5, 5.41) is 6.68. The van der Waals surface area contributed by atoms with E-state index in [2.05, 4.69) is 27.4 Å². The summed E-state index contributed by atoms with van der Waals surface area (Å²) in [6.45, 7) is 8.03. The second kappa shape index (κ2) is 9.45. The predicted molar refractivity (Wildman–Crippen MR) is 86.4 cm³/mol. The Morgan fingerprint density at radius 3 is 2.71 bits per heavy atom. The van der Waals surface area contributed by atoms with Crippen LogP contribution in [0.5, 0.6) is 0 Å². The smallest absolute Gasteiger partial charge is 0.191 e. The Hall–Kier alpha value is -1.49. The van der Waals surface area contributed by atoms with Crippen LogP contribution in [0.25, 0.3) is 0 Å². The summed E-state index contributed by atoms with van der Waals surface area (Å²) >= 11 is 0. The fourth-order valence-electron chi connectivity index (χ4n) is 2.59. The minimum Gasteiger partial charge on any atom is -0.467 e. The van der Waals surface area contributed by atoms with E-state index < -0.39 is 0 Å². The van der Waals surface area contributed by atoms with Gasteiger partial charge in [-0.05, 0) is 45.0 Å². The van der Waals surface area contributed by atoms with Crippen molar-refractivity contribution in [2.75, 3.05) is 32.7 Å². The summed E-state index contributed by atoms with van der Waals surface area (Å²) in [6.07, 6.45) is 7.14. The Labute approximate surface area is 127 Å². The van der Waals surface area contributed by atoms with Gasteiger partial charge < -0.3 is 20.0 Å². The Morgan fingerprint density at radius 1 is 1.24 bits per heavy atom. The maximum absolute atomic E-state index is 5.30. The van der Waals surface area contributed by atoms with Crippen LogP contribution in [0.2, 0.25) is 0 Å². The van der Waals surface area contributed by atoms with Crippen LogP contribution in [0, 0.1) is 0 Å². The Kier molecular flexibility index (Phi) is 7.15. The van der Waals surface area contributed by atoms with Gasteiger partial charge in [-0.1, -0.05) is 12.8 Å². The maximum atomic E-state index is 5.30. The zero-order chi connectivity index (χ0) is 14.8. The highest BCUT2D eigenvalue weighted by molar-refractivity contribution is 5.79. The van der Waals surface area contributed by atoms with E-state index in [1.54, 1.807) is 6.26 Å². The number of nitrogens with one attached hydrogen (secondary N) is 2. The third-order valence-corrected chi connectivity index (χ3v) is 3.74. The first-order valence-corrected chi connectivity index (χ1v) is 8.15. The maximum Gasteiger partial charge on any atom is 0.191 e.